The molecular formula is C14H21NO3. The molecule has 4 heteroatoms. The third-order valence-corrected chi connectivity index (χ3v) is 2.57. The number of carboxylic acid groups (broad SMARTS) is 1. The van der Waals surface area contributed by atoms with Crippen molar-refractivity contribution in [1.29, 1.82) is 0 Å². The summed E-state index contributed by atoms with van der Waals surface area (Å²) in [4.78, 5) is 12.4. The summed E-state index contributed by atoms with van der Waals surface area (Å²) in [7, 11) is 1.79. The molecule has 100 valence electrons. The van der Waals surface area contributed by atoms with Gasteiger partial charge in [-0.15, -0.1) is 0 Å². The van der Waals surface area contributed by atoms with Gasteiger partial charge in [-0.05, 0) is 19.5 Å². The highest BCUT2D eigenvalue weighted by molar-refractivity contribution is 5.69. The molecule has 0 saturated heterocycles. The lowest BCUT2D eigenvalue weighted by molar-refractivity contribution is -0.138. The number of carbonyl (C=O) groups is 1. The van der Waals surface area contributed by atoms with E-state index in [4.69, 9.17) is 9.84 Å². The van der Waals surface area contributed by atoms with Crippen molar-refractivity contribution in [3.05, 3.63) is 29.8 Å². The summed E-state index contributed by atoms with van der Waals surface area (Å²) in [6.45, 7) is 3.43. The van der Waals surface area contributed by atoms with Crippen LogP contribution in [0.5, 0.6) is 5.75 Å². The summed E-state index contributed by atoms with van der Waals surface area (Å²) in [5, 5.41) is 8.73. The van der Waals surface area contributed by atoms with E-state index in [-0.39, 0.29) is 6.54 Å². The van der Waals surface area contributed by atoms with E-state index in [1.165, 1.54) is 0 Å². The first-order valence-corrected chi connectivity index (χ1v) is 6.24. The van der Waals surface area contributed by atoms with Gasteiger partial charge in [0.1, 0.15) is 5.75 Å². The van der Waals surface area contributed by atoms with E-state index in [1.807, 2.05) is 24.3 Å². The van der Waals surface area contributed by atoms with Crippen molar-refractivity contribution in [2.24, 2.45) is 0 Å². The second-order valence-electron chi connectivity index (χ2n) is 4.38. The second-order valence-corrected chi connectivity index (χ2v) is 4.38. The van der Waals surface area contributed by atoms with Crippen LogP contribution in [0.15, 0.2) is 24.3 Å². The molecule has 0 aliphatic heterocycles. The normalized spacial score (nSPS) is 10.6. The van der Waals surface area contributed by atoms with Crippen LogP contribution in [-0.2, 0) is 11.3 Å². The number of rotatable bonds is 8. The predicted octanol–water partition coefficient (Wildman–Crippen LogP) is 2.38. The van der Waals surface area contributed by atoms with Crippen LogP contribution in [0.4, 0.5) is 0 Å². The summed E-state index contributed by atoms with van der Waals surface area (Å²) in [5.41, 5.74) is 1.03. The monoisotopic (exact) mass is 251 g/mol. The van der Waals surface area contributed by atoms with Gasteiger partial charge in [-0.25, -0.2) is 0 Å². The summed E-state index contributed by atoms with van der Waals surface area (Å²) in [6, 6.07) is 7.78. The number of hydrogen-bond donors (Lipinski definition) is 1. The predicted molar refractivity (Wildman–Crippen MR) is 70.8 cm³/mol. The lowest BCUT2D eigenvalue weighted by Gasteiger charge is -2.17. The van der Waals surface area contributed by atoms with Gasteiger partial charge in [0.2, 0.25) is 0 Å². The van der Waals surface area contributed by atoms with Gasteiger partial charge < -0.3 is 9.84 Å². The Morgan fingerprint density at radius 1 is 1.39 bits per heavy atom. The Morgan fingerprint density at radius 3 is 2.78 bits per heavy atom. The van der Waals surface area contributed by atoms with Gasteiger partial charge in [0, 0.05) is 12.1 Å². The minimum Gasteiger partial charge on any atom is -0.493 e. The van der Waals surface area contributed by atoms with Crippen LogP contribution in [0.25, 0.3) is 0 Å². The number of para-hydroxylation sites is 1. The molecule has 0 heterocycles. The van der Waals surface area contributed by atoms with Crippen molar-refractivity contribution in [1.82, 2.24) is 4.90 Å². The molecule has 0 radical (unpaired) electrons. The molecule has 0 amide bonds. The number of benzene rings is 1. The van der Waals surface area contributed by atoms with Crippen molar-refractivity contribution in [2.75, 3.05) is 20.2 Å². The minimum atomic E-state index is -0.818. The molecule has 0 aromatic heterocycles. The number of ether oxygens (including phenoxy) is 1. The number of aliphatic carboxylic acids is 1. The van der Waals surface area contributed by atoms with E-state index < -0.39 is 5.97 Å². The van der Waals surface area contributed by atoms with Gasteiger partial charge in [-0.1, -0.05) is 31.5 Å². The van der Waals surface area contributed by atoms with Crippen molar-refractivity contribution in [2.45, 2.75) is 26.3 Å². The van der Waals surface area contributed by atoms with Gasteiger partial charge >= 0.3 is 5.97 Å². The molecular weight excluding hydrogens is 230 g/mol. The van der Waals surface area contributed by atoms with Crippen LogP contribution in [0.2, 0.25) is 0 Å². The van der Waals surface area contributed by atoms with Crippen LogP contribution in [-0.4, -0.2) is 36.2 Å². The maximum atomic E-state index is 10.6. The number of likely N-dealkylation sites (N-methyl/N-ethyl adjacent to an activating group) is 1. The first-order valence-electron chi connectivity index (χ1n) is 6.24. The first-order chi connectivity index (χ1) is 8.63. The molecule has 0 saturated carbocycles. The molecule has 0 aliphatic rings. The molecule has 1 N–H and O–H groups in total. The van der Waals surface area contributed by atoms with E-state index >= 15 is 0 Å². The van der Waals surface area contributed by atoms with E-state index in [1.54, 1.807) is 11.9 Å². The highest BCUT2D eigenvalue weighted by atomic mass is 16.5. The fourth-order valence-electron chi connectivity index (χ4n) is 1.68. The highest BCUT2D eigenvalue weighted by Gasteiger charge is 2.08. The largest absolute Gasteiger partial charge is 0.493 e. The maximum absolute atomic E-state index is 10.6. The molecule has 0 unspecified atom stereocenters. The van der Waals surface area contributed by atoms with Crippen LogP contribution in [0.1, 0.15) is 25.3 Å². The zero-order valence-corrected chi connectivity index (χ0v) is 11.1. The fourth-order valence-corrected chi connectivity index (χ4v) is 1.68. The quantitative estimate of drug-likeness (QED) is 0.721. The Labute approximate surface area is 108 Å². The summed E-state index contributed by atoms with van der Waals surface area (Å²) < 4.78 is 5.71. The Hall–Kier alpha value is -1.55. The standard InChI is InChI=1S/C14H21NO3/c1-3-4-9-18-13-8-6-5-7-12(13)10-15(2)11-14(16)17/h5-8H,3-4,9-11H2,1-2H3,(H,16,17). The van der Waals surface area contributed by atoms with E-state index in [0.717, 1.165) is 24.2 Å². The molecule has 0 fully saturated rings. The molecule has 0 spiro atoms. The lowest BCUT2D eigenvalue weighted by atomic mass is 10.2. The molecule has 1 aromatic carbocycles. The Bertz CT molecular complexity index is 379. The second kappa shape index (κ2) is 7.71. The number of unbranched alkanes of at least 4 members (excludes halogenated alkanes) is 1. The van der Waals surface area contributed by atoms with Gasteiger partial charge in [0.15, 0.2) is 0 Å². The highest BCUT2D eigenvalue weighted by Crippen LogP contribution is 2.19. The Kier molecular flexibility index (Phi) is 6.22. The Morgan fingerprint density at radius 2 is 2.11 bits per heavy atom. The van der Waals surface area contributed by atoms with Gasteiger partial charge in [-0.2, -0.15) is 0 Å². The number of carboxylic acids is 1. The van der Waals surface area contributed by atoms with E-state index in [2.05, 4.69) is 6.92 Å². The molecule has 1 rings (SSSR count). The SMILES string of the molecule is CCCCOc1ccccc1CN(C)CC(=O)O. The minimum absolute atomic E-state index is 0.0310. The third kappa shape index (κ3) is 5.19. The van der Waals surface area contributed by atoms with Crippen molar-refractivity contribution in [3.63, 3.8) is 0 Å². The van der Waals surface area contributed by atoms with E-state index in [9.17, 15) is 4.79 Å². The smallest absolute Gasteiger partial charge is 0.317 e. The van der Waals surface area contributed by atoms with Crippen LogP contribution < -0.4 is 4.74 Å². The first kappa shape index (κ1) is 14.5. The molecule has 0 aliphatic carbocycles. The molecule has 18 heavy (non-hydrogen) atoms. The van der Waals surface area contributed by atoms with Gasteiger partial charge in [0.05, 0.1) is 13.2 Å². The van der Waals surface area contributed by atoms with Crippen molar-refractivity contribution >= 4 is 5.97 Å². The maximum Gasteiger partial charge on any atom is 0.317 e. The van der Waals surface area contributed by atoms with E-state index in [0.29, 0.717) is 13.2 Å². The molecule has 4 nitrogen and oxygen atoms in total. The zero-order valence-electron chi connectivity index (χ0n) is 11.1. The van der Waals surface area contributed by atoms with Crippen molar-refractivity contribution < 1.29 is 14.6 Å². The van der Waals surface area contributed by atoms with Crippen LogP contribution in [0, 0.1) is 0 Å². The fraction of sp³-hybridized carbons (Fsp3) is 0.500. The molecule has 0 atom stereocenters. The Balaban J connectivity index is 2.60. The number of nitrogens with zero attached hydrogens (tertiary/aromatic N) is 1. The molecule has 0 bridgehead atoms. The van der Waals surface area contributed by atoms with Crippen LogP contribution in [0.3, 0.4) is 0 Å². The van der Waals surface area contributed by atoms with Crippen molar-refractivity contribution in [3.8, 4) is 5.75 Å². The molecule has 1 aromatic rings. The summed E-state index contributed by atoms with van der Waals surface area (Å²) in [6.07, 6.45) is 2.13. The van der Waals surface area contributed by atoms with Crippen LogP contribution >= 0.6 is 0 Å². The number of hydrogen-bond acceptors (Lipinski definition) is 3. The summed E-state index contributed by atoms with van der Waals surface area (Å²) >= 11 is 0. The third-order valence-electron chi connectivity index (χ3n) is 2.57. The summed E-state index contributed by atoms with van der Waals surface area (Å²) in [5.74, 6) is 0.0325. The zero-order chi connectivity index (χ0) is 13.4. The van der Waals surface area contributed by atoms with Gasteiger partial charge in [-0.3, -0.25) is 9.69 Å². The average Bonchev–Trinajstić information content (AvgIpc) is 2.30. The average molecular weight is 251 g/mol. The van der Waals surface area contributed by atoms with Gasteiger partial charge in [0.25, 0.3) is 0 Å². The lowest BCUT2D eigenvalue weighted by Crippen LogP contribution is -2.25. The topological polar surface area (TPSA) is 49.8 Å².